The minimum absolute atomic E-state index is 0.253. The zero-order valence-electron chi connectivity index (χ0n) is 10.8. The molecule has 0 amide bonds. The summed E-state index contributed by atoms with van der Waals surface area (Å²) in [6.45, 7) is 3.04. The van der Waals surface area contributed by atoms with E-state index < -0.39 is 18.0 Å². The van der Waals surface area contributed by atoms with Crippen molar-refractivity contribution in [1.82, 2.24) is 4.90 Å². The van der Waals surface area contributed by atoms with E-state index >= 15 is 0 Å². The zero-order chi connectivity index (χ0) is 14.0. The Balaban J connectivity index is 2.19. The molecule has 0 saturated heterocycles. The Bertz CT molecular complexity index is 512. The van der Waals surface area contributed by atoms with E-state index in [1.54, 1.807) is 18.2 Å². The van der Waals surface area contributed by atoms with Crippen molar-refractivity contribution in [3.8, 4) is 0 Å². The van der Waals surface area contributed by atoms with Gasteiger partial charge in [-0.05, 0) is 29.7 Å². The maximum Gasteiger partial charge on any atom is 0.335 e. The zero-order valence-corrected chi connectivity index (χ0v) is 10.8. The van der Waals surface area contributed by atoms with Gasteiger partial charge in [0.2, 0.25) is 0 Å². The van der Waals surface area contributed by atoms with E-state index in [9.17, 15) is 14.7 Å². The van der Waals surface area contributed by atoms with Crippen molar-refractivity contribution >= 4 is 11.9 Å². The first-order valence-electron chi connectivity index (χ1n) is 6.35. The van der Waals surface area contributed by atoms with Gasteiger partial charge >= 0.3 is 11.9 Å². The van der Waals surface area contributed by atoms with E-state index in [0.717, 1.165) is 17.5 Å². The molecule has 1 aromatic rings. The van der Waals surface area contributed by atoms with Gasteiger partial charge in [0, 0.05) is 13.1 Å². The van der Waals surface area contributed by atoms with Crippen LogP contribution in [0, 0.1) is 0 Å². The van der Waals surface area contributed by atoms with Crippen molar-refractivity contribution in [2.75, 3.05) is 0 Å². The first-order chi connectivity index (χ1) is 9.02. The summed E-state index contributed by atoms with van der Waals surface area (Å²) in [4.78, 5) is 24.1. The molecule has 1 heterocycles. The molecule has 0 spiro atoms. The molecule has 0 aromatic heterocycles. The average molecular weight is 263 g/mol. The third-order valence-corrected chi connectivity index (χ3v) is 3.49. The second-order valence-electron chi connectivity index (χ2n) is 4.84. The third kappa shape index (κ3) is 2.76. The molecule has 1 atom stereocenters. The number of carboxylic acid groups (broad SMARTS) is 2. The van der Waals surface area contributed by atoms with Crippen LogP contribution in [0.1, 0.15) is 41.3 Å². The predicted molar refractivity (Wildman–Crippen MR) is 69.0 cm³/mol. The lowest BCUT2D eigenvalue weighted by atomic mass is 10.1. The Kier molecular flexibility index (Phi) is 3.85. The van der Waals surface area contributed by atoms with Gasteiger partial charge in [-0.2, -0.15) is 0 Å². The third-order valence-electron chi connectivity index (χ3n) is 3.49. The number of carbonyl (C=O) groups is 2. The highest BCUT2D eigenvalue weighted by Gasteiger charge is 2.30. The van der Waals surface area contributed by atoms with Gasteiger partial charge in [0.25, 0.3) is 0 Å². The number of aromatic carboxylic acids is 1. The van der Waals surface area contributed by atoms with Crippen molar-refractivity contribution < 1.29 is 19.8 Å². The molecule has 0 fully saturated rings. The fourth-order valence-corrected chi connectivity index (χ4v) is 2.51. The second kappa shape index (κ2) is 5.40. The van der Waals surface area contributed by atoms with Gasteiger partial charge in [-0.3, -0.25) is 9.69 Å². The van der Waals surface area contributed by atoms with Crippen molar-refractivity contribution in [2.24, 2.45) is 0 Å². The van der Waals surface area contributed by atoms with Crippen LogP contribution in [0.5, 0.6) is 0 Å². The van der Waals surface area contributed by atoms with Gasteiger partial charge in [0.1, 0.15) is 6.04 Å². The molecule has 5 nitrogen and oxygen atoms in total. The van der Waals surface area contributed by atoms with Gasteiger partial charge in [-0.1, -0.05) is 19.4 Å². The van der Waals surface area contributed by atoms with Gasteiger partial charge in [-0.15, -0.1) is 0 Å². The first kappa shape index (κ1) is 13.5. The summed E-state index contributed by atoms with van der Waals surface area (Å²) in [6.07, 6.45) is 1.42. The van der Waals surface area contributed by atoms with E-state index in [1.807, 2.05) is 11.8 Å². The Morgan fingerprint density at radius 2 is 1.95 bits per heavy atom. The Morgan fingerprint density at radius 1 is 1.26 bits per heavy atom. The van der Waals surface area contributed by atoms with Gasteiger partial charge in [0.05, 0.1) is 5.56 Å². The maximum atomic E-state index is 11.3. The van der Waals surface area contributed by atoms with E-state index in [-0.39, 0.29) is 5.56 Å². The molecular weight excluding hydrogens is 246 g/mol. The van der Waals surface area contributed by atoms with Crippen LogP contribution in [0.15, 0.2) is 18.2 Å². The maximum absolute atomic E-state index is 11.3. The van der Waals surface area contributed by atoms with Crippen molar-refractivity contribution in [2.45, 2.75) is 38.9 Å². The molecule has 1 aliphatic heterocycles. The van der Waals surface area contributed by atoms with Crippen LogP contribution in [-0.2, 0) is 17.9 Å². The Hall–Kier alpha value is -1.88. The molecule has 1 aromatic carbocycles. The molecule has 102 valence electrons. The minimum atomic E-state index is -0.954. The highest BCUT2D eigenvalue weighted by molar-refractivity contribution is 5.88. The van der Waals surface area contributed by atoms with Gasteiger partial charge in [0.15, 0.2) is 0 Å². The summed E-state index contributed by atoms with van der Waals surface area (Å²) in [6, 6.07) is 4.50. The number of carboxylic acids is 2. The summed E-state index contributed by atoms with van der Waals surface area (Å²) < 4.78 is 0. The van der Waals surface area contributed by atoms with Gasteiger partial charge in [-0.25, -0.2) is 4.79 Å². The van der Waals surface area contributed by atoms with Crippen molar-refractivity contribution in [1.29, 1.82) is 0 Å². The van der Waals surface area contributed by atoms with Crippen LogP contribution in [0.2, 0.25) is 0 Å². The topological polar surface area (TPSA) is 77.8 Å². The molecule has 1 unspecified atom stereocenters. The summed E-state index contributed by atoms with van der Waals surface area (Å²) in [5.74, 6) is -1.77. The van der Waals surface area contributed by atoms with E-state index in [4.69, 9.17) is 5.11 Å². The van der Waals surface area contributed by atoms with Gasteiger partial charge < -0.3 is 10.2 Å². The van der Waals surface area contributed by atoms with E-state index in [0.29, 0.717) is 19.5 Å². The molecule has 2 N–H and O–H groups in total. The standard InChI is InChI=1S/C14H17NO4/c1-2-3-12(14(18)19)15-7-10-5-4-9(13(16)17)6-11(10)8-15/h4-6,12H,2-3,7-8H2,1H3,(H,16,17)(H,18,19). The SMILES string of the molecule is CCCC(C(=O)O)N1Cc2ccc(C(=O)O)cc2C1. The number of rotatable bonds is 5. The molecule has 0 saturated carbocycles. The number of fused-ring (bicyclic) bond motifs is 1. The molecule has 1 aliphatic rings. The fraction of sp³-hybridized carbons (Fsp3) is 0.429. The van der Waals surface area contributed by atoms with Crippen LogP contribution < -0.4 is 0 Å². The molecule has 2 rings (SSSR count). The number of hydrogen-bond acceptors (Lipinski definition) is 3. The van der Waals surface area contributed by atoms with Crippen LogP contribution in [-0.4, -0.2) is 33.1 Å². The summed E-state index contributed by atoms with van der Waals surface area (Å²) >= 11 is 0. The minimum Gasteiger partial charge on any atom is -0.480 e. The predicted octanol–water partition coefficient (Wildman–Crippen LogP) is 1.95. The number of hydrogen-bond donors (Lipinski definition) is 2. The Morgan fingerprint density at radius 3 is 2.53 bits per heavy atom. The van der Waals surface area contributed by atoms with Crippen molar-refractivity contribution in [3.63, 3.8) is 0 Å². The van der Waals surface area contributed by atoms with E-state index in [1.165, 1.54) is 0 Å². The summed E-state index contributed by atoms with van der Waals surface area (Å²) in [5, 5.41) is 18.2. The largest absolute Gasteiger partial charge is 0.480 e. The molecular formula is C14H17NO4. The van der Waals surface area contributed by atoms with E-state index in [2.05, 4.69) is 0 Å². The smallest absolute Gasteiger partial charge is 0.335 e. The first-order valence-corrected chi connectivity index (χ1v) is 6.35. The lowest BCUT2D eigenvalue weighted by Gasteiger charge is -2.23. The molecule has 0 aliphatic carbocycles. The highest BCUT2D eigenvalue weighted by atomic mass is 16.4. The fourth-order valence-electron chi connectivity index (χ4n) is 2.51. The molecule has 19 heavy (non-hydrogen) atoms. The van der Waals surface area contributed by atoms with Crippen LogP contribution in [0.25, 0.3) is 0 Å². The normalized spacial score (nSPS) is 16.1. The number of aliphatic carboxylic acids is 1. The van der Waals surface area contributed by atoms with Crippen molar-refractivity contribution in [3.05, 3.63) is 34.9 Å². The van der Waals surface area contributed by atoms with Crippen LogP contribution in [0.3, 0.4) is 0 Å². The number of benzene rings is 1. The Labute approximate surface area is 111 Å². The molecule has 0 bridgehead atoms. The summed E-state index contributed by atoms with van der Waals surface area (Å²) in [5.41, 5.74) is 2.19. The molecule has 0 radical (unpaired) electrons. The lowest BCUT2D eigenvalue weighted by molar-refractivity contribution is -0.143. The average Bonchev–Trinajstić information content (AvgIpc) is 2.77. The van der Waals surface area contributed by atoms with Crippen LogP contribution >= 0.6 is 0 Å². The highest BCUT2D eigenvalue weighted by Crippen LogP contribution is 2.27. The van der Waals surface area contributed by atoms with Crippen LogP contribution in [0.4, 0.5) is 0 Å². The molecule has 5 heteroatoms. The second-order valence-corrected chi connectivity index (χ2v) is 4.84. The summed E-state index contributed by atoms with van der Waals surface area (Å²) in [7, 11) is 0. The lowest BCUT2D eigenvalue weighted by Crippen LogP contribution is -2.37. The number of nitrogens with zero attached hydrogens (tertiary/aromatic N) is 1. The monoisotopic (exact) mass is 263 g/mol. The quantitative estimate of drug-likeness (QED) is 0.849.